The molecule has 0 unspecified atom stereocenters. The summed E-state index contributed by atoms with van der Waals surface area (Å²) in [6.45, 7) is 2.22. The van der Waals surface area contributed by atoms with Crippen LogP contribution in [-0.4, -0.2) is 10.9 Å². The van der Waals surface area contributed by atoms with Crippen molar-refractivity contribution < 1.29 is 4.79 Å². The minimum atomic E-state index is -0.315. The number of hydrogen-bond acceptors (Lipinski definition) is 2. The summed E-state index contributed by atoms with van der Waals surface area (Å²) in [5, 5.41) is 1.23. The number of amides is 1. The highest BCUT2D eigenvalue weighted by molar-refractivity contribution is 5.94. The van der Waals surface area contributed by atoms with Gasteiger partial charge in [-0.25, -0.2) is 0 Å². The van der Waals surface area contributed by atoms with Gasteiger partial charge >= 0.3 is 0 Å². The van der Waals surface area contributed by atoms with Gasteiger partial charge < -0.3 is 5.73 Å². The van der Waals surface area contributed by atoms with Crippen molar-refractivity contribution >= 4 is 16.8 Å². The van der Waals surface area contributed by atoms with Gasteiger partial charge in [-0.3, -0.25) is 9.78 Å². The number of fused-ring (bicyclic) bond motifs is 1. The minimum absolute atomic E-state index is 0.315. The number of pyridine rings is 1. The number of carbonyl (C=O) groups is 1. The maximum Gasteiger partial charge on any atom is 0.248 e. The molecule has 0 aliphatic heterocycles. The largest absolute Gasteiger partial charge is 0.366 e. The van der Waals surface area contributed by atoms with Crippen LogP contribution >= 0.6 is 0 Å². The van der Waals surface area contributed by atoms with Crippen LogP contribution in [0.25, 0.3) is 10.9 Å². The lowest BCUT2D eigenvalue weighted by atomic mass is 9.70. The molecule has 1 fully saturated rings. The topological polar surface area (TPSA) is 56.0 Å². The zero-order valence-electron chi connectivity index (χ0n) is 16.5. The SMILES string of the molecule is CC[C@H](c1ccccc1C(N)=O)C1CCC(c2cnc3ccccc3c2)CC1. The number of hydrogen-bond donors (Lipinski definition) is 1. The van der Waals surface area contributed by atoms with E-state index < -0.39 is 0 Å². The van der Waals surface area contributed by atoms with Gasteiger partial charge in [0.25, 0.3) is 0 Å². The van der Waals surface area contributed by atoms with E-state index in [1.54, 1.807) is 0 Å². The Balaban J connectivity index is 1.50. The van der Waals surface area contributed by atoms with Gasteiger partial charge in [-0.05, 0) is 79.2 Å². The molecule has 1 aliphatic carbocycles. The fourth-order valence-electron chi connectivity index (χ4n) is 5.02. The molecule has 3 aromatic rings. The van der Waals surface area contributed by atoms with Crippen molar-refractivity contribution in [3.63, 3.8) is 0 Å². The standard InChI is InChI=1S/C25H28N2O/c1-2-21(22-8-4-5-9-23(22)25(26)28)18-13-11-17(12-14-18)20-15-19-7-3-6-10-24(19)27-16-20/h3-10,15-18,21H,2,11-14H2,1H3,(H2,26,28)/t17?,18?,21-/m0/s1. The number of para-hydroxylation sites is 1. The Bertz CT molecular complexity index is 973. The first-order valence-corrected chi connectivity index (χ1v) is 10.4. The van der Waals surface area contributed by atoms with E-state index in [1.807, 2.05) is 24.3 Å². The second kappa shape index (κ2) is 8.14. The van der Waals surface area contributed by atoms with Gasteiger partial charge in [0, 0.05) is 17.1 Å². The summed E-state index contributed by atoms with van der Waals surface area (Å²) in [5.74, 6) is 1.27. The van der Waals surface area contributed by atoms with E-state index in [1.165, 1.54) is 36.6 Å². The van der Waals surface area contributed by atoms with Crippen molar-refractivity contribution in [2.24, 2.45) is 11.7 Å². The molecule has 3 heteroatoms. The highest BCUT2D eigenvalue weighted by Gasteiger charge is 2.30. The fourth-order valence-corrected chi connectivity index (χ4v) is 5.02. The molecule has 0 spiro atoms. The molecule has 28 heavy (non-hydrogen) atoms. The molecular weight excluding hydrogens is 344 g/mol. The molecule has 1 saturated carbocycles. The molecule has 0 bridgehead atoms. The Morgan fingerprint density at radius 2 is 1.79 bits per heavy atom. The van der Waals surface area contributed by atoms with Crippen LogP contribution < -0.4 is 5.73 Å². The van der Waals surface area contributed by atoms with E-state index in [4.69, 9.17) is 5.73 Å². The van der Waals surface area contributed by atoms with Gasteiger partial charge in [-0.15, -0.1) is 0 Å². The number of nitrogens with two attached hydrogens (primary N) is 1. The zero-order chi connectivity index (χ0) is 19.5. The predicted molar refractivity (Wildman–Crippen MR) is 114 cm³/mol. The summed E-state index contributed by atoms with van der Waals surface area (Å²) in [5.41, 5.74) is 9.88. The lowest BCUT2D eigenvalue weighted by Crippen LogP contribution is -2.23. The Morgan fingerprint density at radius 3 is 2.54 bits per heavy atom. The molecule has 1 heterocycles. The second-order valence-corrected chi connectivity index (χ2v) is 8.04. The third-order valence-corrected chi connectivity index (χ3v) is 6.49. The third-order valence-electron chi connectivity index (χ3n) is 6.49. The maximum absolute atomic E-state index is 11.9. The summed E-state index contributed by atoms with van der Waals surface area (Å²) >= 11 is 0. The number of rotatable bonds is 5. The van der Waals surface area contributed by atoms with E-state index in [9.17, 15) is 4.79 Å². The van der Waals surface area contributed by atoms with Crippen molar-refractivity contribution in [1.29, 1.82) is 0 Å². The number of primary amides is 1. The van der Waals surface area contributed by atoms with Crippen molar-refractivity contribution in [3.05, 3.63) is 77.5 Å². The van der Waals surface area contributed by atoms with Crippen LogP contribution in [0.2, 0.25) is 0 Å². The van der Waals surface area contributed by atoms with Gasteiger partial charge in [-0.1, -0.05) is 43.3 Å². The highest BCUT2D eigenvalue weighted by atomic mass is 16.1. The Morgan fingerprint density at radius 1 is 1.07 bits per heavy atom. The molecule has 1 aliphatic rings. The second-order valence-electron chi connectivity index (χ2n) is 8.04. The first kappa shape index (κ1) is 18.7. The molecule has 1 amide bonds. The van der Waals surface area contributed by atoms with E-state index in [0.29, 0.717) is 23.3 Å². The summed E-state index contributed by atoms with van der Waals surface area (Å²) in [7, 11) is 0. The average molecular weight is 373 g/mol. The van der Waals surface area contributed by atoms with Crippen LogP contribution in [0, 0.1) is 5.92 Å². The van der Waals surface area contributed by atoms with Gasteiger partial charge in [0.1, 0.15) is 0 Å². The Labute approximate surface area is 167 Å². The van der Waals surface area contributed by atoms with E-state index in [0.717, 1.165) is 17.5 Å². The van der Waals surface area contributed by atoms with Crippen molar-refractivity contribution in [1.82, 2.24) is 4.98 Å². The first-order chi connectivity index (χ1) is 13.7. The van der Waals surface area contributed by atoms with Crippen LogP contribution in [0.4, 0.5) is 0 Å². The van der Waals surface area contributed by atoms with Crippen molar-refractivity contribution in [2.75, 3.05) is 0 Å². The summed E-state index contributed by atoms with van der Waals surface area (Å²) in [6.07, 6.45) is 7.83. The molecule has 0 saturated heterocycles. The molecule has 1 atom stereocenters. The summed E-state index contributed by atoms with van der Waals surface area (Å²) in [6, 6.07) is 18.5. The molecule has 2 aromatic carbocycles. The van der Waals surface area contributed by atoms with Crippen LogP contribution in [0.15, 0.2) is 60.8 Å². The lowest BCUT2D eigenvalue weighted by Gasteiger charge is -2.34. The molecule has 4 rings (SSSR count). The molecule has 144 valence electrons. The van der Waals surface area contributed by atoms with E-state index in [-0.39, 0.29) is 5.91 Å². The number of aromatic nitrogens is 1. The van der Waals surface area contributed by atoms with Crippen LogP contribution in [-0.2, 0) is 0 Å². The molecule has 0 radical (unpaired) electrons. The number of nitrogens with zero attached hydrogens (tertiary/aromatic N) is 1. The van der Waals surface area contributed by atoms with Crippen LogP contribution in [0.5, 0.6) is 0 Å². The summed E-state index contributed by atoms with van der Waals surface area (Å²) in [4.78, 5) is 16.5. The zero-order valence-corrected chi connectivity index (χ0v) is 16.5. The van der Waals surface area contributed by atoms with E-state index in [2.05, 4.69) is 48.4 Å². The molecule has 3 nitrogen and oxygen atoms in total. The minimum Gasteiger partial charge on any atom is -0.366 e. The Kier molecular flexibility index (Phi) is 5.43. The molecular formula is C25H28N2O. The predicted octanol–water partition coefficient (Wildman–Crippen LogP) is 5.80. The maximum atomic E-state index is 11.9. The first-order valence-electron chi connectivity index (χ1n) is 10.4. The van der Waals surface area contributed by atoms with Gasteiger partial charge in [0.15, 0.2) is 0 Å². The number of carbonyl (C=O) groups excluding carboxylic acids is 1. The van der Waals surface area contributed by atoms with E-state index >= 15 is 0 Å². The van der Waals surface area contributed by atoms with Gasteiger partial charge in [0.2, 0.25) is 5.91 Å². The normalized spacial score (nSPS) is 20.8. The average Bonchev–Trinajstić information content (AvgIpc) is 2.75. The summed E-state index contributed by atoms with van der Waals surface area (Å²) < 4.78 is 0. The highest BCUT2D eigenvalue weighted by Crippen LogP contribution is 2.44. The van der Waals surface area contributed by atoms with Crippen LogP contribution in [0.3, 0.4) is 0 Å². The third kappa shape index (κ3) is 3.66. The fraction of sp³-hybridized carbons (Fsp3) is 0.360. The lowest BCUT2D eigenvalue weighted by molar-refractivity contribution is 0.0998. The Hall–Kier alpha value is -2.68. The van der Waals surface area contributed by atoms with Crippen molar-refractivity contribution in [3.8, 4) is 0 Å². The monoisotopic (exact) mass is 372 g/mol. The quantitative estimate of drug-likeness (QED) is 0.615. The van der Waals surface area contributed by atoms with Crippen LogP contribution in [0.1, 0.15) is 72.3 Å². The number of benzene rings is 2. The van der Waals surface area contributed by atoms with Gasteiger partial charge in [-0.2, -0.15) is 0 Å². The van der Waals surface area contributed by atoms with Crippen molar-refractivity contribution in [2.45, 2.75) is 50.9 Å². The molecule has 2 N–H and O–H groups in total. The smallest absolute Gasteiger partial charge is 0.248 e. The van der Waals surface area contributed by atoms with Gasteiger partial charge in [0.05, 0.1) is 5.52 Å². The molecule has 1 aromatic heterocycles.